The highest BCUT2D eigenvalue weighted by Crippen LogP contribution is 2.42. The van der Waals surface area contributed by atoms with Crippen LogP contribution in [0.5, 0.6) is 5.75 Å². The number of likely N-dealkylation sites (tertiary alicyclic amines) is 1. The zero-order chi connectivity index (χ0) is 38.0. The number of rotatable bonds is 11. The summed E-state index contributed by atoms with van der Waals surface area (Å²) >= 11 is 0. The van der Waals surface area contributed by atoms with Crippen molar-refractivity contribution in [3.05, 3.63) is 89.5 Å². The van der Waals surface area contributed by atoms with Gasteiger partial charge in [-0.2, -0.15) is 0 Å². The minimum Gasteiger partial charge on any atom is -0.489 e. The van der Waals surface area contributed by atoms with Gasteiger partial charge in [0.15, 0.2) is 16.6 Å². The van der Waals surface area contributed by atoms with Crippen LogP contribution in [0.15, 0.2) is 72.8 Å². The second-order valence-electron chi connectivity index (χ2n) is 18.0. The van der Waals surface area contributed by atoms with Crippen LogP contribution in [0.1, 0.15) is 91.3 Å². The molecule has 9 heteroatoms. The van der Waals surface area contributed by atoms with E-state index in [0.717, 1.165) is 27.8 Å². The van der Waals surface area contributed by atoms with E-state index in [-0.39, 0.29) is 34.9 Å². The Hall–Kier alpha value is -3.25. The Morgan fingerprint density at radius 2 is 1.33 bits per heavy atom. The van der Waals surface area contributed by atoms with Crippen LogP contribution >= 0.6 is 0 Å². The van der Waals surface area contributed by atoms with Gasteiger partial charge >= 0.3 is 6.09 Å². The molecule has 1 saturated heterocycles. The predicted molar refractivity (Wildman–Crippen MR) is 212 cm³/mol. The van der Waals surface area contributed by atoms with Crippen LogP contribution in [-0.4, -0.2) is 51.8 Å². The van der Waals surface area contributed by atoms with Crippen LogP contribution in [0.25, 0.3) is 11.1 Å². The van der Waals surface area contributed by atoms with Crippen molar-refractivity contribution in [3.8, 4) is 16.9 Å². The maximum Gasteiger partial charge on any atom is 0.417 e. The molecule has 3 aromatic rings. The van der Waals surface area contributed by atoms with Gasteiger partial charge in [-0.15, -0.1) is 0 Å². The van der Waals surface area contributed by atoms with Crippen molar-refractivity contribution in [2.24, 2.45) is 0 Å². The fraction of sp³-hybridized carbons (Fsp3) is 0.524. The van der Waals surface area contributed by atoms with Crippen LogP contribution in [0.3, 0.4) is 0 Å². The van der Waals surface area contributed by atoms with E-state index in [1.165, 1.54) is 4.90 Å². The van der Waals surface area contributed by atoms with Crippen molar-refractivity contribution in [2.75, 3.05) is 6.61 Å². The number of carbonyl (C=O) groups is 2. The number of hydrogen-bond donors (Lipinski definition) is 0. The molecule has 278 valence electrons. The Morgan fingerprint density at radius 1 is 0.725 bits per heavy atom. The molecule has 0 aliphatic carbocycles. The average Bonchev–Trinajstić information content (AvgIpc) is 3.36. The van der Waals surface area contributed by atoms with Gasteiger partial charge in [0, 0.05) is 12.3 Å². The van der Waals surface area contributed by atoms with Crippen molar-refractivity contribution >= 4 is 28.6 Å². The van der Waals surface area contributed by atoms with Crippen molar-refractivity contribution in [2.45, 2.75) is 136 Å². The summed E-state index contributed by atoms with van der Waals surface area (Å²) in [4.78, 5) is 28.7. The molecular formula is C42H61NO6Si2. The SMILES string of the molecule is CC(C)(C)OC(=O)N1C(=O)C[C@H](c2cc(CO[Si](C)(C)C(C)(C)C)cc(OCc3cccc(-c4ccccc4)c3)c2)[C@H]1CO[Si](C)(C)C(C)(C)C. The van der Waals surface area contributed by atoms with Crippen molar-refractivity contribution in [1.82, 2.24) is 4.90 Å². The highest BCUT2D eigenvalue weighted by atomic mass is 28.4. The second kappa shape index (κ2) is 15.4. The molecule has 7 nitrogen and oxygen atoms in total. The molecule has 1 fully saturated rings. The molecule has 0 spiro atoms. The zero-order valence-corrected chi connectivity index (χ0v) is 35.3. The minimum atomic E-state index is -2.22. The van der Waals surface area contributed by atoms with Gasteiger partial charge in [0.05, 0.1) is 19.3 Å². The van der Waals surface area contributed by atoms with E-state index in [9.17, 15) is 9.59 Å². The Bertz CT molecular complexity index is 1670. The molecule has 1 aliphatic heterocycles. The smallest absolute Gasteiger partial charge is 0.417 e. The van der Waals surface area contributed by atoms with Crippen LogP contribution in [0, 0.1) is 0 Å². The number of ether oxygens (including phenoxy) is 2. The lowest BCUT2D eigenvalue weighted by Crippen LogP contribution is -2.49. The molecule has 0 radical (unpaired) electrons. The Balaban J connectivity index is 1.72. The third-order valence-corrected chi connectivity index (χ3v) is 19.7. The normalized spacial score (nSPS) is 17.5. The van der Waals surface area contributed by atoms with E-state index in [1.54, 1.807) is 0 Å². The number of nitrogens with zero attached hydrogens (tertiary/aromatic N) is 1. The summed E-state index contributed by atoms with van der Waals surface area (Å²) in [5.74, 6) is 0.117. The molecule has 0 saturated carbocycles. The molecule has 0 unspecified atom stereocenters. The molecule has 0 bridgehead atoms. The molecule has 4 rings (SSSR count). The number of carbonyl (C=O) groups excluding carboxylic acids is 2. The molecule has 3 aromatic carbocycles. The Kier molecular flexibility index (Phi) is 12.2. The topological polar surface area (TPSA) is 74.3 Å². The average molecular weight is 732 g/mol. The maximum atomic E-state index is 13.7. The first kappa shape index (κ1) is 40.5. The molecule has 1 aliphatic rings. The van der Waals surface area contributed by atoms with Crippen molar-refractivity contribution < 1.29 is 27.9 Å². The van der Waals surface area contributed by atoms with Gasteiger partial charge in [0.25, 0.3) is 0 Å². The van der Waals surface area contributed by atoms with Gasteiger partial charge in [-0.1, -0.05) is 96.1 Å². The van der Waals surface area contributed by atoms with E-state index >= 15 is 0 Å². The van der Waals surface area contributed by atoms with E-state index in [4.69, 9.17) is 18.3 Å². The van der Waals surface area contributed by atoms with Gasteiger partial charge in [0.2, 0.25) is 5.91 Å². The Morgan fingerprint density at radius 3 is 1.94 bits per heavy atom. The first-order chi connectivity index (χ1) is 23.5. The highest BCUT2D eigenvalue weighted by molar-refractivity contribution is 6.74. The van der Waals surface area contributed by atoms with E-state index in [2.05, 4.69) is 110 Å². The van der Waals surface area contributed by atoms with Gasteiger partial charge in [-0.05, 0) is 103 Å². The molecule has 51 heavy (non-hydrogen) atoms. The van der Waals surface area contributed by atoms with Crippen molar-refractivity contribution in [1.29, 1.82) is 0 Å². The maximum absolute atomic E-state index is 13.7. The molecule has 2 atom stereocenters. The van der Waals surface area contributed by atoms with Crippen LogP contribution < -0.4 is 4.74 Å². The lowest BCUT2D eigenvalue weighted by molar-refractivity contribution is -0.128. The number of amides is 2. The van der Waals surface area contributed by atoms with Crippen LogP contribution in [0.2, 0.25) is 36.3 Å². The van der Waals surface area contributed by atoms with Gasteiger partial charge < -0.3 is 18.3 Å². The summed E-state index contributed by atoms with van der Waals surface area (Å²) in [6, 6.07) is 24.3. The van der Waals surface area contributed by atoms with Crippen LogP contribution in [-0.2, 0) is 31.6 Å². The first-order valence-electron chi connectivity index (χ1n) is 18.2. The standard InChI is InChI=1S/C42H61NO6Si2/c1-40(2,3)49-39(45)43-37(29-48-51(12,13)42(7,8)9)36(26-38(43)44)34-23-31(28-47-50(10,11)41(4,5)6)24-35(25-34)46-27-30-18-17-21-33(22-30)32-19-15-14-16-20-32/h14-25,36-37H,26-29H2,1-13H3/t36-,37-/m1/s1. The summed E-state index contributed by atoms with van der Waals surface area (Å²) in [5, 5.41) is 0.00731. The predicted octanol–water partition coefficient (Wildman–Crippen LogP) is 11.1. The van der Waals surface area contributed by atoms with E-state index in [0.29, 0.717) is 19.0 Å². The second-order valence-corrected chi connectivity index (χ2v) is 27.6. The largest absolute Gasteiger partial charge is 0.489 e. The van der Waals surface area contributed by atoms with Crippen molar-refractivity contribution in [3.63, 3.8) is 0 Å². The third kappa shape index (κ3) is 10.4. The summed E-state index contributed by atoms with van der Waals surface area (Å²) in [5.41, 5.74) is 4.47. The minimum absolute atomic E-state index is 0.0400. The molecule has 1 heterocycles. The Labute approximate surface area is 309 Å². The number of imide groups is 1. The summed E-state index contributed by atoms with van der Waals surface area (Å²) in [7, 11) is -4.29. The number of hydrogen-bond acceptors (Lipinski definition) is 6. The lowest BCUT2D eigenvalue weighted by atomic mass is 9.90. The van der Waals surface area contributed by atoms with Crippen LogP contribution in [0.4, 0.5) is 4.79 Å². The van der Waals surface area contributed by atoms with E-state index in [1.807, 2.05) is 51.1 Å². The summed E-state index contributed by atoms with van der Waals surface area (Å²) < 4.78 is 25.7. The summed E-state index contributed by atoms with van der Waals surface area (Å²) in [6.07, 6.45) is -0.471. The van der Waals surface area contributed by atoms with E-state index < -0.39 is 34.4 Å². The molecular weight excluding hydrogens is 671 g/mol. The van der Waals surface area contributed by atoms with Gasteiger partial charge in [-0.3, -0.25) is 4.79 Å². The quantitative estimate of drug-likeness (QED) is 0.183. The van der Waals surface area contributed by atoms with Gasteiger partial charge in [0.1, 0.15) is 18.0 Å². The number of benzene rings is 3. The fourth-order valence-corrected chi connectivity index (χ4v) is 7.54. The molecule has 0 N–H and O–H groups in total. The zero-order valence-electron chi connectivity index (χ0n) is 33.3. The third-order valence-electron chi connectivity index (χ3n) is 10.7. The lowest BCUT2D eigenvalue weighted by Gasteiger charge is -2.38. The first-order valence-corrected chi connectivity index (χ1v) is 24.0. The summed E-state index contributed by atoms with van der Waals surface area (Å²) in [6.45, 7) is 28.6. The fourth-order valence-electron chi connectivity index (χ4n) is 5.56. The highest BCUT2D eigenvalue weighted by Gasteiger charge is 2.48. The molecule has 0 aromatic heterocycles. The monoisotopic (exact) mass is 731 g/mol. The van der Waals surface area contributed by atoms with Gasteiger partial charge in [-0.25, -0.2) is 9.69 Å². The molecule has 2 amide bonds.